The Morgan fingerprint density at radius 3 is 2.88 bits per heavy atom. The zero-order valence-corrected chi connectivity index (χ0v) is 10.9. The van der Waals surface area contributed by atoms with E-state index in [0.29, 0.717) is 6.61 Å². The highest BCUT2D eigenvalue weighted by atomic mass is 16.2. The Hall–Kier alpha value is -0.930. The third kappa shape index (κ3) is 6.39. The topological polar surface area (TPSA) is 45.1 Å². The number of rotatable bonds is 8. The molecule has 17 heavy (non-hydrogen) atoms. The smallest absolute Gasteiger partial charge is 0.0431 e. The maximum Gasteiger partial charge on any atom is 0.0431 e. The van der Waals surface area contributed by atoms with Crippen molar-refractivity contribution in [1.29, 1.82) is 0 Å². The lowest BCUT2D eigenvalue weighted by Gasteiger charge is -2.24. The predicted molar refractivity (Wildman–Crippen MR) is 70.9 cm³/mol. The van der Waals surface area contributed by atoms with E-state index in [9.17, 15) is 0 Å². The summed E-state index contributed by atoms with van der Waals surface area (Å²) < 4.78 is 0. The van der Waals surface area contributed by atoms with E-state index in [1.54, 1.807) is 6.20 Å². The molecule has 0 aliphatic rings. The molecular formula is C14H24N2O. The summed E-state index contributed by atoms with van der Waals surface area (Å²) in [5.74, 6) is 0. The van der Waals surface area contributed by atoms with Crippen LogP contribution in [0.2, 0.25) is 0 Å². The maximum atomic E-state index is 8.82. The fourth-order valence-electron chi connectivity index (χ4n) is 1.85. The molecule has 3 nitrogen and oxygen atoms in total. The molecule has 96 valence electrons. The van der Waals surface area contributed by atoms with E-state index in [1.165, 1.54) is 5.56 Å². The van der Waals surface area contributed by atoms with Crippen LogP contribution in [0.25, 0.3) is 0 Å². The van der Waals surface area contributed by atoms with Crippen LogP contribution in [0.15, 0.2) is 24.5 Å². The van der Waals surface area contributed by atoms with Crippen LogP contribution in [-0.4, -0.2) is 29.8 Å². The molecule has 0 spiro atoms. The molecule has 0 fully saturated rings. The van der Waals surface area contributed by atoms with Crippen molar-refractivity contribution in [3.8, 4) is 0 Å². The summed E-state index contributed by atoms with van der Waals surface area (Å²) in [6, 6.07) is 4.08. The van der Waals surface area contributed by atoms with Gasteiger partial charge < -0.3 is 10.4 Å². The van der Waals surface area contributed by atoms with Crippen LogP contribution in [-0.2, 0) is 6.42 Å². The Morgan fingerprint density at radius 1 is 1.41 bits per heavy atom. The molecule has 2 N–H and O–H groups in total. The Kier molecular flexibility index (Phi) is 6.16. The molecule has 0 saturated carbocycles. The van der Waals surface area contributed by atoms with Crippen molar-refractivity contribution >= 4 is 0 Å². The third-order valence-corrected chi connectivity index (χ3v) is 2.93. The Labute approximate surface area is 104 Å². The number of hydrogen-bond donors (Lipinski definition) is 2. The van der Waals surface area contributed by atoms with Crippen LogP contribution in [0, 0.1) is 5.41 Å². The number of hydrogen-bond acceptors (Lipinski definition) is 3. The van der Waals surface area contributed by atoms with Crippen molar-refractivity contribution < 1.29 is 5.11 Å². The third-order valence-electron chi connectivity index (χ3n) is 2.93. The Morgan fingerprint density at radius 2 is 2.24 bits per heavy atom. The second-order valence-electron chi connectivity index (χ2n) is 5.28. The average Bonchev–Trinajstić information content (AvgIpc) is 2.34. The second-order valence-corrected chi connectivity index (χ2v) is 5.28. The van der Waals surface area contributed by atoms with E-state index >= 15 is 0 Å². The minimum Gasteiger partial charge on any atom is -0.396 e. The quantitative estimate of drug-likeness (QED) is 0.679. The zero-order valence-electron chi connectivity index (χ0n) is 10.9. The van der Waals surface area contributed by atoms with Gasteiger partial charge in [0.05, 0.1) is 0 Å². The van der Waals surface area contributed by atoms with Gasteiger partial charge in [0.15, 0.2) is 0 Å². The summed E-state index contributed by atoms with van der Waals surface area (Å²) in [5, 5.41) is 12.3. The Balaban J connectivity index is 2.15. The molecule has 0 aromatic carbocycles. The van der Waals surface area contributed by atoms with Crippen LogP contribution in [0.5, 0.6) is 0 Å². The molecule has 0 atom stereocenters. The molecule has 0 aliphatic heterocycles. The first-order valence-electron chi connectivity index (χ1n) is 6.34. The fourth-order valence-corrected chi connectivity index (χ4v) is 1.85. The highest BCUT2D eigenvalue weighted by Gasteiger charge is 2.16. The lowest BCUT2D eigenvalue weighted by atomic mass is 9.88. The maximum absolute atomic E-state index is 8.82. The predicted octanol–water partition coefficient (Wildman–Crippen LogP) is 2.01. The van der Waals surface area contributed by atoms with Crippen molar-refractivity contribution in [3.63, 3.8) is 0 Å². The van der Waals surface area contributed by atoms with Crippen molar-refractivity contribution in [2.75, 3.05) is 19.7 Å². The molecule has 3 heteroatoms. The van der Waals surface area contributed by atoms with Gasteiger partial charge in [-0.3, -0.25) is 4.98 Å². The lowest BCUT2D eigenvalue weighted by Crippen LogP contribution is -2.31. The summed E-state index contributed by atoms with van der Waals surface area (Å²) in [6.45, 7) is 6.74. The summed E-state index contributed by atoms with van der Waals surface area (Å²) >= 11 is 0. The van der Waals surface area contributed by atoms with Gasteiger partial charge >= 0.3 is 0 Å². The van der Waals surface area contributed by atoms with Crippen molar-refractivity contribution in [1.82, 2.24) is 10.3 Å². The van der Waals surface area contributed by atoms with E-state index in [1.807, 2.05) is 12.3 Å². The van der Waals surface area contributed by atoms with Crippen molar-refractivity contribution in [2.24, 2.45) is 5.41 Å². The van der Waals surface area contributed by atoms with E-state index in [0.717, 1.165) is 32.4 Å². The molecule has 0 unspecified atom stereocenters. The van der Waals surface area contributed by atoms with Crippen LogP contribution in [0.4, 0.5) is 0 Å². The molecule has 1 heterocycles. The highest BCUT2D eigenvalue weighted by Crippen LogP contribution is 2.20. The van der Waals surface area contributed by atoms with Gasteiger partial charge in [-0.1, -0.05) is 19.9 Å². The SMILES string of the molecule is CC(C)(CCCO)CNCCc1cccnc1. The molecule has 0 bridgehead atoms. The largest absolute Gasteiger partial charge is 0.396 e. The van der Waals surface area contributed by atoms with Gasteiger partial charge in [-0.2, -0.15) is 0 Å². The van der Waals surface area contributed by atoms with Crippen molar-refractivity contribution in [3.05, 3.63) is 30.1 Å². The number of aliphatic hydroxyl groups excluding tert-OH is 1. The van der Waals surface area contributed by atoms with Crippen LogP contribution in [0.1, 0.15) is 32.3 Å². The standard InChI is InChI=1S/C14H24N2O/c1-14(2,7-4-10-17)12-16-9-6-13-5-3-8-15-11-13/h3,5,8,11,16-17H,4,6-7,9-10,12H2,1-2H3. The molecule has 1 aromatic rings. The molecule has 0 amide bonds. The van der Waals surface area contributed by atoms with Gasteiger partial charge in [-0.05, 0) is 42.9 Å². The lowest BCUT2D eigenvalue weighted by molar-refractivity contribution is 0.237. The van der Waals surface area contributed by atoms with E-state index in [4.69, 9.17) is 5.11 Å². The highest BCUT2D eigenvalue weighted by molar-refractivity contribution is 5.08. The van der Waals surface area contributed by atoms with Gasteiger partial charge in [0.25, 0.3) is 0 Å². The number of nitrogens with one attached hydrogen (secondary N) is 1. The number of aliphatic hydroxyl groups is 1. The van der Waals surface area contributed by atoms with Gasteiger partial charge in [-0.25, -0.2) is 0 Å². The number of aromatic nitrogens is 1. The molecular weight excluding hydrogens is 212 g/mol. The number of nitrogens with zero attached hydrogens (tertiary/aromatic N) is 1. The van der Waals surface area contributed by atoms with Gasteiger partial charge in [0, 0.05) is 25.5 Å². The molecule has 1 rings (SSSR count). The molecule has 0 aliphatic carbocycles. The minimum absolute atomic E-state index is 0.262. The first kappa shape index (κ1) is 14.1. The summed E-state index contributed by atoms with van der Waals surface area (Å²) in [5.41, 5.74) is 1.53. The van der Waals surface area contributed by atoms with E-state index in [2.05, 4.69) is 30.2 Å². The summed E-state index contributed by atoms with van der Waals surface area (Å²) in [4.78, 5) is 4.10. The normalized spacial score (nSPS) is 11.7. The summed E-state index contributed by atoms with van der Waals surface area (Å²) in [6.07, 6.45) is 6.68. The average molecular weight is 236 g/mol. The second kappa shape index (κ2) is 7.41. The van der Waals surface area contributed by atoms with Gasteiger partial charge in [-0.15, -0.1) is 0 Å². The first-order chi connectivity index (χ1) is 8.14. The van der Waals surface area contributed by atoms with Crippen LogP contribution < -0.4 is 5.32 Å². The fraction of sp³-hybridized carbons (Fsp3) is 0.643. The minimum atomic E-state index is 0.262. The van der Waals surface area contributed by atoms with Crippen LogP contribution >= 0.6 is 0 Å². The zero-order chi connectivity index (χ0) is 12.6. The summed E-state index contributed by atoms with van der Waals surface area (Å²) in [7, 11) is 0. The first-order valence-corrected chi connectivity index (χ1v) is 6.34. The van der Waals surface area contributed by atoms with Gasteiger partial charge in [0.2, 0.25) is 0 Å². The number of pyridine rings is 1. The molecule has 0 radical (unpaired) electrons. The van der Waals surface area contributed by atoms with E-state index in [-0.39, 0.29) is 5.41 Å². The Bertz CT molecular complexity index is 298. The monoisotopic (exact) mass is 236 g/mol. The molecule has 0 saturated heterocycles. The van der Waals surface area contributed by atoms with Gasteiger partial charge in [0.1, 0.15) is 0 Å². The van der Waals surface area contributed by atoms with Crippen LogP contribution in [0.3, 0.4) is 0 Å². The van der Waals surface area contributed by atoms with Crippen molar-refractivity contribution in [2.45, 2.75) is 33.1 Å². The molecule has 1 aromatic heterocycles. The van der Waals surface area contributed by atoms with E-state index < -0.39 is 0 Å².